The first kappa shape index (κ1) is 23.9. The summed E-state index contributed by atoms with van der Waals surface area (Å²) in [5, 5.41) is 4.12. The third-order valence-electron chi connectivity index (χ3n) is 6.03. The summed E-state index contributed by atoms with van der Waals surface area (Å²) in [5.41, 5.74) is 1.19. The van der Waals surface area contributed by atoms with E-state index in [1.165, 1.54) is 24.1 Å². The molecule has 1 atom stereocenters. The molecule has 2 heterocycles. The lowest BCUT2D eigenvalue weighted by Crippen LogP contribution is -2.44. The van der Waals surface area contributed by atoms with Gasteiger partial charge in [-0.05, 0) is 56.3 Å². The van der Waals surface area contributed by atoms with Crippen molar-refractivity contribution in [2.75, 3.05) is 51.3 Å². The fourth-order valence-corrected chi connectivity index (χ4v) is 3.94. The van der Waals surface area contributed by atoms with Crippen molar-refractivity contribution >= 4 is 5.69 Å². The molecule has 4 rings (SSSR count). The van der Waals surface area contributed by atoms with Gasteiger partial charge in [-0.15, -0.1) is 0 Å². The van der Waals surface area contributed by atoms with Crippen molar-refractivity contribution in [1.29, 1.82) is 0 Å². The van der Waals surface area contributed by atoms with E-state index in [9.17, 15) is 8.78 Å². The number of rotatable bonds is 11. The van der Waals surface area contributed by atoms with E-state index in [2.05, 4.69) is 39.1 Å². The number of hydrogen-bond donors (Lipinski definition) is 0. The zero-order valence-corrected chi connectivity index (χ0v) is 19.4. The molecule has 3 aromatic rings. The molecule has 1 aliphatic heterocycles. The van der Waals surface area contributed by atoms with Gasteiger partial charge in [-0.25, -0.2) is 13.8 Å². The van der Waals surface area contributed by atoms with Gasteiger partial charge in [0.1, 0.15) is 24.2 Å². The Kier molecular flexibility index (Phi) is 8.30. The van der Waals surface area contributed by atoms with E-state index < -0.39 is 11.6 Å². The number of likely N-dealkylation sites (N-methyl/N-ethyl adjacent to an activating group) is 1. The van der Waals surface area contributed by atoms with Crippen LogP contribution >= 0.6 is 0 Å². The summed E-state index contributed by atoms with van der Waals surface area (Å²) in [6, 6.07) is 11.5. The summed E-state index contributed by atoms with van der Waals surface area (Å²) >= 11 is 0. The van der Waals surface area contributed by atoms with Crippen molar-refractivity contribution in [3.63, 3.8) is 0 Å². The monoisotopic (exact) mass is 471 g/mol. The lowest BCUT2D eigenvalue weighted by Gasteiger charge is -2.34. The molecule has 1 aliphatic rings. The van der Waals surface area contributed by atoms with Crippen LogP contribution in [0.3, 0.4) is 0 Å². The second-order valence-electron chi connectivity index (χ2n) is 8.65. The fraction of sp³-hybridized carbons (Fsp3) is 0.440. The quantitative estimate of drug-likeness (QED) is 0.423. The Hall–Kier alpha value is -3.20. The molecule has 1 fully saturated rings. The zero-order valence-electron chi connectivity index (χ0n) is 19.4. The van der Waals surface area contributed by atoms with Crippen LogP contribution in [0.15, 0.2) is 55.1 Å². The summed E-state index contributed by atoms with van der Waals surface area (Å²) in [6.45, 7) is 5.56. The lowest BCUT2D eigenvalue weighted by molar-refractivity contribution is 0.162. The second-order valence-corrected chi connectivity index (χ2v) is 8.65. The second kappa shape index (κ2) is 11.8. The van der Waals surface area contributed by atoms with E-state index in [-0.39, 0.29) is 18.3 Å². The van der Waals surface area contributed by atoms with E-state index in [1.807, 2.05) is 12.1 Å². The molecule has 0 bridgehead atoms. The van der Waals surface area contributed by atoms with E-state index >= 15 is 0 Å². The topological polar surface area (TPSA) is 55.7 Å². The molecule has 7 nitrogen and oxygen atoms in total. The Morgan fingerprint density at radius 3 is 2.44 bits per heavy atom. The molecule has 9 heteroatoms. The minimum atomic E-state index is -0.707. The van der Waals surface area contributed by atoms with Crippen molar-refractivity contribution in [3.8, 4) is 11.5 Å². The molecule has 182 valence electrons. The predicted molar refractivity (Wildman–Crippen MR) is 126 cm³/mol. The first-order valence-electron chi connectivity index (χ1n) is 11.6. The van der Waals surface area contributed by atoms with Gasteiger partial charge in [0.05, 0.1) is 13.2 Å². The highest BCUT2D eigenvalue weighted by Gasteiger charge is 2.16. The molecule has 0 radical (unpaired) electrons. The predicted octanol–water partition coefficient (Wildman–Crippen LogP) is 3.86. The highest BCUT2D eigenvalue weighted by Crippen LogP contribution is 2.23. The number of nitrogens with zero attached hydrogens (tertiary/aromatic N) is 5. The van der Waals surface area contributed by atoms with E-state index in [1.54, 1.807) is 11.0 Å². The van der Waals surface area contributed by atoms with Crippen LogP contribution in [0.4, 0.5) is 14.5 Å². The van der Waals surface area contributed by atoms with Gasteiger partial charge >= 0.3 is 0 Å². The molecule has 0 unspecified atom stereocenters. The van der Waals surface area contributed by atoms with Gasteiger partial charge in [-0.3, -0.25) is 4.68 Å². The normalized spacial score (nSPS) is 15.3. The standard InChI is InChI=1S/C25H31F2N5O2/c1-30-11-13-31(14-12-30)22-5-7-23(8-6-22)33-16-20(3-2-10-32-19-28-18-29-32)17-34-25-9-4-21(26)15-24(25)27/h4-9,15,18-20H,2-3,10-14,16-17H2,1H3/t20-/m1/s1. The van der Waals surface area contributed by atoms with E-state index in [4.69, 9.17) is 9.47 Å². The van der Waals surface area contributed by atoms with Crippen molar-refractivity contribution in [1.82, 2.24) is 19.7 Å². The highest BCUT2D eigenvalue weighted by molar-refractivity contribution is 5.49. The van der Waals surface area contributed by atoms with Crippen LogP contribution in [0.1, 0.15) is 12.8 Å². The van der Waals surface area contributed by atoms with Crippen LogP contribution in [0.2, 0.25) is 0 Å². The lowest BCUT2D eigenvalue weighted by atomic mass is 10.1. The molecule has 1 aromatic heterocycles. The smallest absolute Gasteiger partial charge is 0.167 e. The largest absolute Gasteiger partial charge is 0.493 e. The molecular weight excluding hydrogens is 440 g/mol. The SMILES string of the molecule is CN1CCN(c2ccc(OC[C@@H](CCCn3cncn3)COc3ccc(F)cc3F)cc2)CC1. The number of benzene rings is 2. The Labute approximate surface area is 198 Å². The maximum absolute atomic E-state index is 14.0. The van der Waals surface area contributed by atoms with Crippen LogP contribution in [-0.4, -0.2) is 66.1 Å². The van der Waals surface area contributed by atoms with Crippen molar-refractivity contribution in [2.45, 2.75) is 19.4 Å². The molecule has 1 saturated heterocycles. The average Bonchev–Trinajstić information content (AvgIpc) is 3.36. The average molecular weight is 472 g/mol. The van der Waals surface area contributed by atoms with Crippen molar-refractivity contribution in [3.05, 3.63) is 66.8 Å². The van der Waals surface area contributed by atoms with Crippen LogP contribution in [0.25, 0.3) is 0 Å². The minimum Gasteiger partial charge on any atom is -0.493 e. The Morgan fingerprint density at radius 1 is 0.971 bits per heavy atom. The fourth-order valence-electron chi connectivity index (χ4n) is 3.94. The van der Waals surface area contributed by atoms with Crippen LogP contribution in [0, 0.1) is 17.6 Å². The van der Waals surface area contributed by atoms with E-state index in [0.29, 0.717) is 6.61 Å². The summed E-state index contributed by atoms with van der Waals surface area (Å²) in [4.78, 5) is 8.66. The summed E-state index contributed by atoms with van der Waals surface area (Å²) in [6.07, 6.45) is 4.82. The van der Waals surface area contributed by atoms with Gasteiger partial charge in [0.2, 0.25) is 0 Å². The maximum Gasteiger partial charge on any atom is 0.167 e. The molecular formula is C25H31F2N5O2. The Balaban J connectivity index is 1.32. The number of aryl methyl sites for hydroxylation is 1. The molecule has 0 saturated carbocycles. The minimum absolute atomic E-state index is 0.0188. The van der Waals surface area contributed by atoms with Gasteiger partial charge in [-0.1, -0.05) is 0 Å². The number of hydrogen-bond acceptors (Lipinski definition) is 6. The Bertz CT molecular complexity index is 1010. The van der Waals surface area contributed by atoms with Gasteiger partial charge in [-0.2, -0.15) is 5.10 Å². The summed E-state index contributed by atoms with van der Waals surface area (Å²) < 4.78 is 40.7. The van der Waals surface area contributed by atoms with Gasteiger partial charge in [0.15, 0.2) is 11.6 Å². The summed E-state index contributed by atoms with van der Waals surface area (Å²) in [7, 11) is 2.14. The number of anilines is 1. The van der Waals surface area contributed by atoms with Gasteiger partial charge in [0.25, 0.3) is 0 Å². The molecule has 0 spiro atoms. The van der Waals surface area contributed by atoms with Crippen molar-refractivity contribution < 1.29 is 18.3 Å². The first-order chi connectivity index (χ1) is 16.6. The van der Waals surface area contributed by atoms with Crippen molar-refractivity contribution in [2.24, 2.45) is 5.92 Å². The Morgan fingerprint density at radius 2 is 1.74 bits per heavy atom. The molecule has 2 aromatic carbocycles. The van der Waals surface area contributed by atoms with Gasteiger partial charge in [0, 0.05) is 50.4 Å². The highest BCUT2D eigenvalue weighted by atomic mass is 19.1. The van der Waals surface area contributed by atoms with Crippen LogP contribution in [0.5, 0.6) is 11.5 Å². The number of halogens is 2. The van der Waals surface area contributed by atoms with Gasteiger partial charge < -0.3 is 19.3 Å². The molecule has 0 aliphatic carbocycles. The van der Waals surface area contributed by atoms with Crippen LogP contribution < -0.4 is 14.4 Å². The number of aromatic nitrogens is 3. The molecule has 0 N–H and O–H groups in total. The van der Waals surface area contributed by atoms with E-state index in [0.717, 1.165) is 57.4 Å². The number of piperazine rings is 1. The molecule has 0 amide bonds. The first-order valence-corrected chi connectivity index (χ1v) is 11.6. The third kappa shape index (κ3) is 6.90. The zero-order chi connectivity index (χ0) is 23.8. The number of ether oxygens (including phenoxy) is 2. The third-order valence-corrected chi connectivity index (χ3v) is 6.03. The maximum atomic E-state index is 14.0. The van der Waals surface area contributed by atoms with Crippen LogP contribution in [-0.2, 0) is 6.54 Å². The molecule has 34 heavy (non-hydrogen) atoms. The summed E-state index contributed by atoms with van der Waals surface area (Å²) in [5.74, 6) is -0.490.